The Hall–Kier alpha value is -12.6. The minimum atomic E-state index is -0.923. The van der Waals surface area contributed by atoms with Crippen LogP contribution in [-0.2, 0) is 79.4 Å². The number of aromatic nitrogens is 4. The van der Waals surface area contributed by atoms with Gasteiger partial charge in [-0.1, -0.05) is 123 Å². The Bertz CT molecular complexity index is 6730. The van der Waals surface area contributed by atoms with Gasteiger partial charge in [-0.15, -0.1) is 0 Å². The number of hydrogen-bond donors (Lipinski definition) is 5. The summed E-state index contributed by atoms with van der Waals surface area (Å²) in [5, 5.41) is 15.8. The van der Waals surface area contributed by atoms with Crippen molar-refractivity contribution in [2.75, 3.05) is 74.1 Å². The summed E-state index contributed by atoms with van der Waals surface area (Å²) in [7, 11) is 7.16. The van der Waals surface area contributed by atoms with Gasteiger partial charge in [-0.05, 0) is 180 Å². The fourth-order valence-corrected chi connectivity index (χ4v) is 20.8. The van der Waals surface area contributed by atoms with Crippen LogP contribution in [0.3, 0.4) is 0 Å². The molecule has 9 aliphatic heterocycles. The molecule has 4 aromatic heterocycles. The van der Waals surface area contributed by atoms with Crippen molar-refractivity contribution in [2.45, 2.75) is 167 Å². The Morgan fingerprint density at radius 2 is 0.929 bits per heavy atom. The second kappa shape index (κ2) is 44.5. The molecule has 0 spiro atoms. The molecule has 6 unspecified atom stereocenters. The molecule has 0 radical (unpaired) electrons. The zero-order valence-electron chi connectivity index (χ0n) is 78.4. The molecule has 39 heteroatoms. The number of nitrogens with zero attached hydrogens (tertiary/aromatic N) is 10. The first-order valence-electron chi connectivity index (χ1n) is 45.3. The molecule has 6 aromatic carbocycles. The van der Waals surface area contributed by atoms with Gasteiger partial charge in [0.25, 0.3) is 29.5 Å². The second-order valence-corrected chi connectivity index (χ2v) is 37.5. The number of ketones is 1. The van der Waals surface area contributed by atoms with Gasteiger partial charge in [-0.3, -0.25) is 62.6 Å². The van der Waals surface area contributed by atoms with Crippen molar-refractivity contribution in [1.29, 1.82) is 0 Å². The third-order valence-corrected chi connectivity index (χ3v) is 29.1. The van der Waals surface area contributed by atoms with E-state index in [2.05, 4.69) is 45.8 Å². The van der Waals surface area contributed by atoms with Crippen molar-refractivity contribution < 1.29 is 88.6 Å². The number of unbranched alkanes of at least 4 members (excludes halogenated alkanes) is 1. The van der Waals surface area contributed by atoms with Crippen LogP contribution in [0.15, 0.2) is 171 Å². The second-order valence-electron chi connectivity index (χ2n) is 35.2. The molecule has 5 amide bonds. The predicted molar refractivity (Wildman–Crippen MR) is 520 cm³/mol. The number of rotatable bonds is 20. The number of methoxy groups -OCH3 is 1. The third kappa shape index (κ3) is 20.4. The van der Waals surface area contributed by atoms with Crippen LogP contribution in [0.25, 0.3) is 0 Å². The molecule has 0 bridgehead atoms. The Balaban J connectivity index is 0.000000150. The summed E-state index contributed by atoms with van der Waals surface area (Å²) in [5.41, 5.74) is 11.2. The van der Waals surface area contributed by atoms with Gasteiger partial charge in [0.15, 0.2) is 51.6 Å². The molecule has 140 heavy (non-hydrogen) atoms. The van der Waals surface area contributed by atoms with E-state index in [9.17, 15) is 84.2 Å². The van der Waals surface area contributed by atoms with E-state index in [0.29, 0.717) is 119 Å². The van der Waals surface area contributed by atoms with Crippen LogP contribution in [0, 0.1) is 48.7 Å². The Kier molecular flexibility index (Phi) is 33.3. The number of fused-ring (bicyclic) bond motifs is 7. The van der Waals surface area contributed by atoms with E-state index < -0.39 is 92.6 Å². The molecule has 6 atom stereocenters. The number of ether oxygens (including phenoxy) is 4. The van der Waals surface area contributed by atoms with Crippen molar-refractivity contribution in [2.24, 2.45) is 11.5 Å². The topological polar surface area (TPSA) is 380 Å². The van der Waals surface area contributed by atoms with Gasteiger partial charge in [0.05, 0.1) is 38.9 Å². The number of nitrogens with one attached hydrogen (secondary N) is 2. The van der Waals surface area contributed by atoms with E-state index in [0.717, 1.165) is 54.0 Å². The predicted octanol–water partition coefficient (Wildman–Crippen LogP) is 11.8. The molecule has 9 aliphatic rings. The number of aromatic hydroxyl groups is 1. The monoisotopic (exact) mass is 2150 g/mol. The van der Waals surface area contributed by atoms with Crippen molar-refractivity contribution in [1.82, 2.24) is 58.3 Å². The molecular weight excluding hydrogens is 2050 g/mol. The number of nitrogens with two attached hydrogens (primary N) is 2. The normalized spacial score (nSPS) is 19.5. The van der Waals surface area contributed by atoms with Gasteiger partial charge >= 0.3 is 17.3 Å². The standard InChI is InChI=1S/C29H28F2N4O4.C22H22F2N4O4.C19H20IN3O3.C19H18INO5.C7H7F2N.C4H11N.CO/c1-29-22-11-10-21-23(27(37)32-15-18-8-9-19(30)14-20(18)31)25(36)26(39-16-17-6-4-3-5-7-17)24(35(21)22)28(38)34(29)13-12-33(29)2;1-22-15-6-5-14-16(20(31)25-10-11-3-4-12(23)9-13(11)24)18(29)19(30)17(28(14)15)21(32)27(22)8-7-26(22)2;1-19-12-22-10-14(20)16(24)17(26-11-13-6-4-3-5-7-13)15(22)18(25)23(19)9-8-21(19)2;1-11(22)13-8-9-14-15(20)17(23)18(16(21(13)14)19(24)25-2)26-10-12-6-4-3-5-7-12;8-6-2-1-5(4-10)7(9)3-6;1-2-3-4-5;1-2/h3-9,14,22H,10-13,15-16H2,1-2H3,(H,32,37);3-4,9,15,30H,5-8,10H2,1-2H3,(H,25,31);3-7,10H,8-9,11-12H2,1-2H3;3-7,13H,8-10H2,1-2H3;1-3H,4,10H2;2-5H2,1H3;. The number of Topliss-reactive ketones (excluding diaryl/α,β-unsaturated/α-hetero) is 1. The van der Waals surface area contributed by atoms with Crippen LogP contribution in [-0.4, -0.2) is 185 Å². The Labute approximate surface area is 829 Å². The van der Waals surface area contributed by atoms with Crippen molar-refractivity contribution >= 4 is 86.5 Å². The minimum absolute atomic E-state index is 0.0153. The number of carbonyl (C=O) groups is 7. The van der Waals surface area contributed by atoms with Crippen LogP contribution >= 0.6 is 45.2 Å². The summed E-state index contributed by atoms with van der Waals surface area (Å²) in [6, 6.07) is 36.8. The van der Waals surface area contributed by atoms with Gasteiger partial charge in [0, 0.05) is 117 Å². The molecule has 31 nitrogen and oxygen atoms in total. The van der Waals surface area contributed by atoms with Crippen LogP contribution in [0.5, 0.6) is 23.0 Å². The average molecular weight is 2160 g/mol. The SMILES string of the molecule is CCCCN.CN1CCN2C(=O)c3c(O)c(=O)c(C(=O)NCc4ccc(F)cc4F)c4n3C(CC4)C12C.CN1CCN2C(=O)c3c(OCc4ccccc4)c(=O)c(C(=O)NCc4ccc(F)cc4F)c4n3C(CC4)C12C.CN1CCN2C(=O)c3c(OCc4ccccc4)c(=O)c(I)cn3CC12C.COC(=O)c1c(OCc2ccccc2)c(=O)c(I)c2n1C(C(C)=O)CC2.NCc1ccc(F)cc1F.[C-]#[O+]. The molecule has 7 N–H and O–H groups in total. The summed E-state index contributed by atoms with van der Waals surface area (Å²) in [5.74, 6) is -8.15. The molecule has 738 valence electrons. The summed E-state index contributed by atoms with van der Waals surface area (Å²) in [4.78, 5) is 155. The third-order valence-electron chi connectivity index (χ3n) is 27.2. The van der Waals surface area contributed by atoms with Crippen molar-refractivity contribution in [3.8, 4) is 23.0 Å². The molecule has 13 heterocycles. The summed E-state index contributed by atoms with van der Waals surface area (Å²) in [6.45, 7) is 19.5. The van der Waals surface area contributed by atoms with Gasteiger partial charge in [0.2, 0.25) is 21.7 Å². The van der Waals surface area contributed by atoms with Crippen LogP contribution in [0.4, 0.5) is 26.3 Å². The number of benzene rings is 6. The molecule has 0 saturated carbocycles. The maximum absolute atomic E-state index is 14.2. The zero-order chi connectivity index (χ0) is 101. The van der Waals surface area contributed by atoms with Gasteiger partial charge in [0.1, 0.15) is 82.8 Å². The average Bonchev–Trinajstić information content (AvgIpc) is 1.52. The van der Waals surface area contributed by atoms with Crippen LogP contribution in [0.1, 0.15) is 198 Å². The maximum atomic E-state index is 14.2. The van der Waals surface area contributed by atoms with E-state index in [1.165, 1.54) is 51.1 Å². The quantitative estimate of drug-likeness (QED) is 0.0155. The van der Waals surface area contributed by atoms with E-state index in [4.69, 9.17) is 35.1 Å². The van der Waals surface area contributed by atoms with Gasteiger partial charge in [-0.25, -0.2) is 31.1 Å². The van der Waals surface area contributed by atoms with Gasteiger partial charge < -0.3 is 79.1 Å². The molecule has 3 fully saturated rings. The van der Waals surface area contributed by atoms with Crippen molar-refractivity contribution in [3.05, 3.63) is 326 Å². The van der Waals surface area contributed by atoms with Gasteiger partial charge in [-0.2, -0.15) is 0 Å². The number of halogens is 8. The number of esters is 1. The van der Waals surface area contributed by atoms with E-state index in [-0.39, 0.29) is 142 Å². The molecule has 0 aliphatic carbocycles. The molecule has 19 rings (SSSR count). The van der Waals surface area contributed by atoms with E-state index in [1.807, 2.05) is 185 Å². The molecular formula is C101H106F6I2N14O17. The number of hydrogen-bond acceptors (Lipinski definition) is 21. The molecule has 10 aromatic rings. The number of pyridine rings is 4. The van der Waals surface area contributed by atoms with E-state index in [1.54, 1.807) is 25.1 Å². The number of amides is 5. The van der Waals surface area contributed by atoms with E-state index >= 15 is 0 Å². The Morgan fingerprint density at radius 3 is 1.36 bits per heavy atom. The first-order valence-corrected chi connectivity index (χ1v) is 47.4. The number of likely N-dealkylation sites (N-methyl/N-ethyl adjacent to an activating group) is 3. The first kappa shape index (κ1) is 105. The summed E-state index contributed by atoms with van der Waals surface area (Å²) >= 11 is 3.98. The Morgan fingerprint density at radius 1 is 0.514 bits per heavy atom. The van der Waals surface area contributed by atoms with Crippen LogP contribution in [0.2, 0.25) is 0 Å². The summed E-state index contributed by atoms with van der Waals surface area (Å²) in [6.07, 6.45) is 7.28. The zero-order valence-corrected chi connectivity index (χ0v) is 82.7. The first-order chi connectivity index (χ1) is 66.9. The fourth-order valence-electron chi connectivity index (χ4n) is 19.4. The van der Waals surface area contributed by atoms with Crippen molar-refractivity contribution in [3.63, 3.8) is 0 Å². The summed E-state index contributed by atoms with van der Waals surface area (Å²) < 4.78 is 117. The fraction of sp³-hybridized carbons (Fsp3) is 0.366. The molecule has 3 saturated heterocycles. The van der Waals surface area contributed by atoms with Crippen LogP contribution < -0.4 is 58.0 Å². The number of carbonyl (C=O) groups excluding carboxylic acids is 7.